The smallest absolute Gasteiger partial charge is 0.321 e. The van der Waals surface area contributed by atoms with Crippen LogP contribution in [0, 0.1) is 0 Å². The van der Waals surface area contributed by atoms with E-state index in [0.717, 1.165) is 17.9 Å². The van der Waals surface area contributed by atoms with Crippen molar-refractivity contribution in [2.45, 2.75) is 37.8 Å². The lowest BCUT2D eigenvalue weighted by Crippen LogP contribution is -2.35. The maximum absolute atomic E-state index is 5.63. The zero-order valence-electron chi connectivity index (χ0n) is 12.9. The van der Waals surface area contributed by atoms with Crippen molar-refractivity contribution >= 4 is 11.8 Å². The highest BCUT2D eigenvalue weighted by Gasteiger charge is 2.09. The maximum Gasteiger partial charge on any atom is 0.321 e. The van der Waals surface area contributed by atoms with Gasteiger partial charge in [0.05, 0.1) is 0 Å². The van der Waals surface area contributed by atoms with Crippen molar-refractivity contribution in [1.82, 2.24) is 15.3 Å². The molecule has 4 nitrogen and oxygen atoms in total. The molecule has 0 unspecified atom stereocenters. The second-order valence-electron chi connectivity index (χ2n) is 5.76. The van der Waals surface area contributed by atoms with E-state index < -0.39 is 0 Å². The number of aromatic nitrogens is 2. The molecular formula is C16H21N3OS. The van der Waals surface area contributed by atoms with E-state index in [4.69, 9.17) is 4.74 Å². The van der Waals surface area contributed by atoms with Gasteiger partial charge in [0.2, 0.25) is 0 Å². The van der Waals surface area contributed by atoms with E-state index in [0.29, 0.717) is 6.01 Å². The first kappa shape index (κ1) is 15.8. The molecule has 0 fully saturated rings. The number of hydrogen-bond donors (Lipinski definition) is 1. The van der Waals surface area contributed by atoms with Crippen molar-refractivity contribution < 1.29 is 4.74 Å². The van der Waals surface area contributed by atoms with Gasteiger partial charge in [-0.3, -0.25) is 0 Å². The zero-order chi connectivity index (χ0) is 15.3. The van der Waals surface area contributed by atoms with E-state index in [1.54, 1.807) is 24.2 Å². The normalized spacial score (nSPS) is 11.4. The first-order valence-electron chi connectivity index (χ1n) is 6.84. The molecule has 0 aliphatic heterocycles. The summed E-state index contributed by atoms with van der Waals surface area (Å²) in [6.45, 7) is 7.13. The molecule has 0 bridgehead atoms. The monoisotopic (exact) mass is 303 g/mol. The standard InChI is InChI=1S/C16H21N3OS/c1-16(2,3)19-11-12-9-17-15(18-10-12)20-13-5-7-14(21-4)8-6-13/h5-10,19H,11H2,1-4H3. The Balaban J connectivity index is 1.95. The molecule has 21 heavy (non-hydrogen) atoms. The number of benzene rings is 1. The molecule has 0 atom stereocenters. The lowest BCUT2D eigenvalue weighted by molar-refractivity contribution is 0.419. The average molecular weight is 303 g/mol. The number of rotatable bonds is 5. The number of ether oxygens (including phenoxy) is 1. The SMILES string of the molecule is CSc1ccc(Oc2ncc(CNC(C)(C)C)cn2)cc1. The fraction of sp³-hybridized carbons (Fsp3) is 0.375. The molecule has 0 radical (unpaired) electrons. The maximum atomic E-state index is 5.63. The van der Waals surface area contributed by atoms with Crippen molar-refractivity contribution in [1.29, 1.82) is 0 Å². The lowest BCUT2D eigenvalue weighted by atomic mass is 10.1. The van der Waals surface area contributed by atoms with E-state index in [-0.39, 0.29) is 5.54 Å². The van der Waals surface area contributed by atoms with Gasteiger partial charge in [-0.2, -0.15) is 0 Å². The topological polar surface area (TPSA) is 47.0 Å². The van der Waals surface area contributed by atoms with Crippen LogP contribution in [0.25, 0.3) is 0 Å². The van der Waals surface area contributed by atoms with E-state index in [9.17, 15) is 0 Å². The van der Waals surface area contributed by atoms with Crippen LogP contribution in [-0.2, 0) is 6.54 Å². The average Bonchev–Trinajstić information content (AvgIpc) is 2.46. The second-order valence-corrected chi connectivity index (χ2v) is 6.63. The van der Waals surface area contributed by atoms with Crippen LogP contribution in [0.4, 0.5) is 0 Å². The third-order valence-electron chi connectivity index (χ3n) is 2.77. The molecule has 0 aliphatic carbocycles. The van der Waals surface area contributed by atoms with Crippen LogP contribution in [0.15, 0.2) is 41.6 Å². The Morgan fingerprint density at radius 2 is 1.71 bits per heavy atom. The molecule has 1 aromatic carbocycles. The molecule has 2 aromatic rings. The molecule has 1 heterocycles. The lowest BCUT2D eigenvalue weighted by Gasteiger charge is -2.20. The van der Waals surface area contributed by atoms with Gasteiger partial charge in [-0.15, -0.1) is 11.8 Å². The molecule has 0 aliphatic rings. The van der Waals surface area contributed by atoms with Crippen LogP contribution in [0.1, 0.15) is 26.3 Å². The number of thioether (sulfide) groups is 1. The summed E-state index contributed by atoms with van der Waals surface area (Å²) in [6, 6.07) is 8.24. The minimum absolute atomic E-state index is 0.0776. The summed E-state index contributed by atoms with van der Waals surface area (Å²) >= 11 is 1.70. The van der Waals surface area contributed by atoms with E-state index in [1.165, 1.54) is 4.90 Å². The highest BCUT2D eigenvalue weighted by Crippen LogP contribution is 2.22. The van der Waals surface area contributed by atoms with Gasteiger partial charge in [-0.05, 0) is 51.3 Å². The van der Waals surface area contributed by atoms with Crippen molar-refractivity contribution in [3.05, 3.63) is 42.2 Å². The summed E-state index contributed by atoms with van der Waals surface area (Å²) in [5.41, 5.74) is 1.11. The predicted octanol–water partition coefficient (Wildman–Crippen LogP) is 3.88. The van der Waals surface area contributed by atoms with Gasteiger partial charge in [-0.1, -0.05) is 0 Å². The zero-order valence-corrected chi connectivity index (χ0v) is 13.7. The minimum atomic E-state index is 0.0776. The molecule has 112 valence electrons. The second kappa shape index (κ2) is 6.91. The molecular weight excluding hydrogens is 282 g/mol. The quantitative estimate of drug-likeness (QED) is 0.849. The van der Waals surface area contributed by atoms with Crippen molar-refractivity contribution in [2.75, 3.05) is 6.26 Å². The first-order valence-corrected chi connectivity index (χ1v) is 8.06. The number of hydrogen-bond acceptors (Lipinski definition) is 5. The molecule has 0 amide bonds. The summed E-state index contributed by atoms with van der Waals surface area (Å²) in [5, 5.41) is 3.40. The molecule has 5 heteroatoms. The fourth-order valence-electron chi connectivity index (χ4n) is 1.60. The summed E-state index contributed by atoms with van der Waals surface area (Å²) in [4.78, 5) is 9.68. The Morgan fingerprint density at radius 3 is 2.24 bits per heavy atom. The Bertz CT molecular complexity index is 562. The summed E-state index contributed by atoms with van der Waals surface area (Å²) in [7, 11) is 0. The fourth-order valence-corrected chi connectivity index (χ4v) is 2.01. The molecule has 1 aromatic heterocycles. The summed E-state index contributed by atoms with van der Waals surface area (Å²) in [6.07, 6.45) is 5.62. The molecule has 2 rings (SSSR count). The van der Waals surface area contributed by atoms with Crippen molar-refractivity contribution in [3.8, 4) is 11.8 Å². The Labute approximate surface area is 130 Å². The molecule has 0 saturated heterocycles. The minimum Gasteiger partial charge on any atom is -0.424 e. The van der Waals surface area contributed by atoms with Gasteiger partial charge >= 0.3 is 6.01 Å². The first-order chi connectivity index (χ1) is 9.96. The van der Waals surface area contributed by atoms with Crippen LogP contribution in [0.3, 0.4) is 0 Å². The third kappa shape index (κ3) is 5.36. The van der Waals surface area contributed by atoms with Gasteiger partial charge in [0.15, 0.2) is 0 Å². The predicted molar refractivity (Wildman–Crippen MR) is 86.9 cm³/mol. The summed E-state index contributed by atoms with van der Waals surface area (Å²) in [5.74, 6) is 0.744. The highest BCUT2D eigenvalue weighted by atomic mass is 32.2. The van der Waals surface area contributed by atoms with Gasteiger partial charge < -0.3 is 10.1 Å². The van der Waals surface area contributed by atoms with Crippen LogP contribution in [0.5, 0.6) is 11.8 Å². The van der Waals surface area contributed by atoms with E-state index in [1.807, 2.05) is 30.5 Å². The van der Waals surface area contributed by atoms with Crippen LogP contribution in [0.2, 0.25) is 0 Å². The van der Waals surface area contributed by atoms with Crippen LogP contribution in [-0.4, -0.2) is 21.8 Å². The van der Waals surface area contributed by atoms with Gasteiger partial charge in [-0.25, -0.2) is 9.97 Å². The largest absolute Gasteiger partial charge is 0.424 e. The summed E-state index contributed by atoms with van der Waals surface area (Å²) < 4.78 is 5.63. The Kier molecular flexibility index (Phi) is 5.20. The Morgan fingerprint density at radius 1 is 1.10 bits per heavy atom. The van der Waals surface area contributed by atoms with E-state index >= 15 is 0 Å². The van der Waals surface area contributed by atoms with Gasteiger partial charge in [0.25, 0.3) is 0 Å². The number of nitrogens with one attached hydrogen (secondary N) is 1. The van der Waals surface area contributed by atoms with Crippen LogP contribution >= 0.6 is 11.8 Å². The van der Waals surface area contributed by atoms with Crippen molar-refractivity contribution in [2.24, 2.45) is 0 Å². The van der Waals surface area contributed by atoms with E-state index in [2.05, 4.69) is 36.1 Å². The highest BCUT2D eigenvalue weighted by molar-refractivity contribution is 7.98. The third-order valence-corrected chi connectivity index (χ3v) is 3.52. The Hall–Kier alpha value is -1.59. The molecule has 0 saturated carbocycles. The van der Waals surface area contributed by atoms with Crippen LogP contribution < -0.4 is 10.1 Å². The molecule has 0 spiro atoms. The van der Waals surface area contributed by atoms with Gasteiger partial charge in [0.1, 0.15) is 5.75 Å². The van der Waals surface area contributed by atoms with Crippen molar-refractivity contribution in [3.63, 3.8) is 0 Å². The number of nitrogens with zero attached hydrogens (tertiary/aromatic N) is 2. The van der Waals surface area contributed by atoms with Gasteiger partial charge in [0, 0.05) is 34.9 Å². The molecule has 1 N–H and O–H groups in total.